The van der Waals surface area contributed by atoms with Crippen molar-refractivity contribution in [3.8, 4) is 11.3 Å². The summed E-state index contributed by atoms with van der Waals surface area (Å²) in [6.45, 7) is 1.48. The zero-order chi connectivity index (χ0) is 19.3. The smallest absolute Gasteiger partial charge is 0.227 e. The lowest BCUT2D eigenvalue weighted by atomic mass is 9.96. The van der Waals surface area contributed by atoms with Crippen LogP contribution >= 0.6 is 0 Å². The molecule has 0 bridgehead atoms. The summed E-state index contributed by atoms with van der Waals surface area (Å²) >= 11 is 0. The van der Waals surface area contributed by atoms with Gasteiger partial charge in [0.15, 0.2) is 5.82 Å². The standard InChI is InChI=1S/C21H20FN5O/c22-17-1-3-18(4-2-17)24-21(28)16-9-13-27(14-10-16)20-6-5-19(25-26-20)15-7-11-23-12-8-15/h1-8,11-12,16H,9-10,13-14H2,(H,24,28). The van der Waals surface area contributed by atoms with Crippen molar-refractivity contribution >= 4 is 17.4 Å². The molecular weight excluding hydrogens is 357 g/mol. The molecule has 1 aliphatic heterocycles. The topological polar surface area (TPSA) is 71.0 Å². The first-order valence-corrected chi connectivity index (χ1v) is 9.24. The highest BCUT2D eigenvalue weighted by atomic mass is 19.1. The van der Waals surface area contributed by atoms with E-state index in [1.807, 2.05) is 24.3 Å². The van der Waals surface area contributed by atoms with Crippen molar-refractivity contribution in [1.29, 1.82) is 0 Å². The Morgan fingerprint density at radius 3 is 2.32 bits per heavy atom. The van der Waals surface area contributed by atoms with E-state index in [1.165, 1.54) is 12.1 Å². The number of anilines is 2. The van der Waals surface area contributed by atoms with Crippen LogP contribution in [0.2, 0.25) is 0 Å². The number of amides is 1. The van der Waals surface area contributed by atoms with Crippen LogP contribution in [0, 0.1) is 11.7 Å². The van der Waals surface area contributed by atoms with Crippen LogP contribution < -0.4 is 10.2 Å². The van der Waals surface area contributed by atoms with E-state index in [1.54, 1.807) is 24.5 Å². The van der Waals surface area contributed by atoms with Crippen molar-refractivity contribution in [3.63, 3.8) is 0 Å². The summed E-state index contributed by atoms with van der Waals surface area (Å²) in [5.74, 6) is 0.410. The summed E-state index contributed by atoms with van der Waals surface area (Å²) in [5, 5.41) is 11.5. The van der Waals surface area contributed by atoms with Gasteiger partial charge in [0.05, 0.1) is 5.69 Å². The fraction of sp³-hybridized carbons (Fsp3) is 0.238. The van der Waals surface area contributed by atoms with Crippen molar-refractivity contribution in [2.75, 3.05) is 23.3 Å². The molecule has 1 N–H and O–H groups in total. The molecule has 4 rings (SSSR count). The van der Waals surface area contributed by atoms with E-state index >= 15 is 0 Å². The van der Waals surface area contributed by atoms with E-state index in [0.717, 1.165) is 43.0 Å². The van der Waals surface area contributed by atoms with Crippen molar-refractivity contribution in [3.05, 3.63) is 66.7 Å². The minimum atomic E-state index is -0.317. The SMILES string of the molecule is O=C(Nc1ccc(F)cc1)C1CCN(c2ccc(-c3ccncc3)nn2)CC1. The summed E-state index contributed by atoms with van der Waals surface area (Å²) in [5.41, 5.74) is 2.40. The molecule has 6 nitrogen and oxygen atoms in total. The molecule has 0 unspecified atom stereocenters. The molecule has 3 aromatic rings. The first-order valence-electron chi connectivity index (χ1n) is 9.24. The van der Waals surface area contributed by atoms with Crippen LogP contribution in [-0.4, -0.2) is 34.2 Å². The summed E-state index contributed by atoms with van der Waals surface area (Å²) in [4.78, 5) is 18.6. The molecule has 3 heterocycles. The minimum absolute atomic E-state index is 0.0228. The second-order valence-corrected chi connectivity index (χ2v) is 6.77. The lowest BCUT2D eigenvalue weighted by Gasteiger charge is -2.31. The summed E-state index contributed by atoms with van der Waals surface area (Å²) in [6.07, 6.45) is 4.93. The highest BCUT2D eigenvalue weighted by Crippen LogP contribution is 2.24. The van der Waals surface area contributed by atoms with Gasteiger partial charge in [0.1, 0.15) is 5.82 Å². The number of pyridine rings is 1. The molecule has 1 amide bonds. The molecule has 0 spiro atoms. The average Bonchev–Trinajstić information content (AvgIpc) is 2.76. The van der Waals surface area contributed by atoms with Gasteiger partial charge in [-0.25, -0.2) is 4.39 Å². The lowest BCUT2D eigenvalue weighted by molar-refractivity contribution is -0.120. The number of hydrogen-bond acceptors (Lipinski definition) is 5. The number of benzene rings is 1. The van der Waals surface area contributed by atoms with E-state index in [4.69, 9.17) is 0 Å². The largest absolute Gasteiger partial charge is 0.355 e. The highest BCUT2D eigenvalue weighted by Gasteiger charge is 2.26. The molecule has 28 heavy (non-hydrogen) atoms. The number of carbonyl (C=O) groups excluding carboxylic acids is 1. The molecule has 142 valence electrons. The van der Waals surface area contributed by atoms with Crippen LogP contribution in [0.4, 0.5) is 15.9 Å². The number of halogens is 1. The number of hydrogen-bond donors (Lipinski definition) is 1. The number of piperidine rings is 1. The molecular formula is C21H20FN5O. The van der Waals surface area contributed by atoms with E-state index in [-0.39, 0.29) is 17.6 Å². The monoisotopic (exact) mass is 377 g/mol. The Bertz CT molecular complexity index is 923. The van der Waals surface area contributed by atoms with E-state index in [9.17, 15) is 9.18 Å². The molecule has 1 aliphatic rings. The quantitative estimate of drug-likeness (QED) is 0.753. The van der Waals surface area contributed by atoms with Gasteiger partial charge in [-0.1, -0.05) is 0 Å². The maximum atomic E-state index is 13.0. The molecule has 1 saturated heterocycles. The van der Waals surface area contributed by atoms with Crippen LogP contribution in [-0.2, 0) is 4.79 Å². The average molecular weight is 377 g/mol. The number of nitrogens with one attached hydrogen (secondary N) is 1. The Hall–Kier alpha value is -3.35. The highest BCUT2D eigenvalue weighted by molar-refractivity contribution is 5.92. The van der Waals surface area contributed by atoms with Gasteiger partial charge in [-0.2, -0.15) is 0 Å². The predicted molar refractivity (Wildman–Crippen MR) is 105 cm³/mol. The molecule has 0 radical (unpaired) electrons. The fourth-order valence-corrected chi connectivity index (χ4v) is 3.32. The predicted octanol–water partition coefficient (Wildman–Crippen LogP) is 3.53. The van der Waals surface area contributed by atoms with Crippen molar-refractivity contribution < 1.29 is 9.18 Å². The van der Waals surface area contributed by atoms with Gasteiger partial charge in [0, 0.05) is 42.7 Å². The molecule has 0 saturated carbocycles. The Morgan fingerprint density at radius 2 is 1.68 bits per heavy atom. The second-order valence-electron chi connectivity index (χ2n) is 6.77. The molecule has 0 aliphatic carbocycles. The molecule has 2 aromatic heterocycles. The van der Waals surface area contributed by atoms with Gasteiger partial charge in [0.25, 0.3) is 0 Å². The second kappa shape index (κ2) is 8.12. The Morgan fingerprint density at radius 1 is 0.964 bits per heavy atom. The normalized spacial score (nSPS) is 14.7. The fourth-order valence-electron chi connectivity index (χ4n) is 3.32. The molecule has 7 heteroatoms. The number of rotatable bonds is 4. The molecule has 1 aromatic carbocycles. The summed E-state index contributed by atoms with van der Waals surface area (Å²) in [6, 6.07) is 13.5. The lowest BCUT2D eigenvalue weighted by Crippen LogP contribution is -2.38. The van der Waals surface area contributed by atoms with Gasteiger partial charge >= 0.3 is 0 Å². The van der Waals surface area contributed by atoms with Gasteiger partial charge in [0.2, 0.25) is 5.91 Å². The first kappa shape index (κ1) is 18.0. The third kappa shape index (κ3) is 4.14. The van der Waals surface area contributed by atoms with Crippen LogP contribution in [0.15, 0.2) is 60.9 Å². The molecule has 0 atom stereocenters. The van der Waals surface area contributed by atoms with E-state index < -0.39 is 0 Å². The number of aromatic nitrogens is 3. The van der Waals surface area contributed by atoms with Crippen LogP contribution in [0.3, 0.4) is 0 Å². The van der Waals surface area contributed by atoms with Gasteiger partial charge < -0.3 is 10.2 Å². The van der Waals surface area contributed by atoms with Crippen molar-refractivity contribution in [1.82, 2.24) is 15.2 Å². The van der Waals surface area contributed by atoms with E-state index in [2.05, 4.69) is 25.4 Å². The first-order chi connectivity index (χ1) is 13.7. The minimum Gasteiger partial charge on any atom is -0.355 e. The third-order valence-corrected chi connectivity index (χ3v) is 4.93. The zero-order valence-electron chi connectivity index (χ0n) is 15.3. The molecule has 1 fully saturated rings. The van der Waals surface area contributed by atoms with Crippen LogP contribution in [0.1, 0.15) is 12.8 Å². The Balaban J connectivity index is 1.33. The van der Waals surface area contributed by atoms with Gasteiger partial charge in [-0.3, -0.25) is 9.78 Å². The van der Waals surface area contributed by atoms with Crippen molar-refractivity contribution in [2.45, 2.75) is 12.8 Å². The van der Waals surface area contributed by atoms with E-state index in [0.29, 0.717) is 5.69 Å². The number of nitrogens with zero attached hydrogens (tertiary/aromatic N) is 4. The van der Waals surface area contributed by atoms with Gasteiger partial charge in [-0.05, 0) is 61.4 Å². The number of carbonyl (C=O) groups is 1. The van der Waals surface area contributed by atoms with Gasteiger partial charge in [-0.15, -0.1) is 10.2 Å². The summed E-state index contributed by atoms with van der Waals surface area (Å²) < 4.78 is 13.0. The van der Waals surface area contributed by atoms with Crippen LogP contribution in [0.5, 0.6) is 0 Å². The summed E-state index contributed by atoms with van der Waals surface area (Å²) in [7, 11) is 0. The third-order valence-electron chi connectivity index (χ3n) is 4.93. The maximum absolute atomic E-state index is 13.0. The zero-order valence-corrected chi connectivity index (χ0v) is 15.3. The van der Waals surface area contributed by atoms with Crippen LogP contribution in [0.25, 0.3) is 11.3 Å². The Labute approximate surface area is 162 Å². The maximum Gasteiger partial charge on any atom is 0.227 e. The van der Waals surface area contributed by atoms with Crippen molar-refractivity contribution in [2.24, 2.45) is 5.92 Å². The Kier molecular flexibility index (Phi) is 5.23.